The minimum Gasteiger partial charge on any atom is -0.370 e. The third-order valence-corrected chi connectivity index (χ3v) is 4.04. The van der Waals surface area contributed by atoms with Gasteiger partial charge < -0.3 is 15.8 Å². The van der Waals surface area contributed by atoms with Crippen molar-refractivity contribution in [1.82, 2.24) is 5.32 Å². The van der Waals surface area contributed by atoms with Crippen LogP contribution in [-0.4, -0.2) is 25.1 Å². The van der Waals surface area contributed by atoms with Crippen molar-refractivity contribution in [3.8, 4) is 0 Å². The average molecular weight is 311 g/mol. The van der Waals surface area contributed by atoms with Gasteiger partial charge in [0.25, 0.3) is 0 Å². The zero-order valence-electron chi connectivity index (χ0n) is 12.3. The summed E-state index contributed by atoms with van der Waals surface area (Å²) < 4.78 is 6.14. The van der Waals surface area contributed by atoms with Gasteiger partial charge in [0.2, 0.25) is 5.91 Å². The maximum Gasteiger partial charge on any atom is 0.220 e. The summed E-state index contributed by atoms with van der Waals surface area (Å²) in [5, 5.41) is 4.11. The van der Waals surface area contributed by atoms with Crippen molar-refractivity contribution in [3.63, 3.8) is 0 Å². The Labute approximate surface area is 131 Å². The fraction of sp³-hybridized carbons (Fsp3) is 0.562. The highest BCUT2D eigenvalue weighted by Gasteiger charge is 2.27. The number of rotatable bonds is 6. The molecule has 0 saturated carbocycles. The number of carbonyl (C=O) groups is 1. The summed E-state index contributed by atoms with van der Waals surface area (Å²) in [5.74, 6) is 0.0432. The number of hydrogen-bond donors (Lipinski definition) is 2. The van der Waals surface area contributed by atoms with E-state index in [1.807, 2.05) is 31.2 Å². The van der Waals surface area contributed by atoms with E-state index in [-0.39, 0.29) is 24.5 Å². The molecule has 116 valence electrons. The number of ether oxygens (including phenoxy) is 1. The number of carbonyl (C=O) groups excluding carboxylic acids is 1. The Morgan fingerprint density at radius 2 is 2.38 bits per heavy atom. The summed E-state index contributed by atoms with van der Waals surface area (Å²) in [7, 11) is 0. The molecular weight excluding hydrogens is 288 g/mol. The lowest BCUT2D eigenvalue weighted by molar-refractivity contribution is -0.122. The number of nitrogens with one attached hydrogen (secondary N) is 1. The molecule has 3 atom stereocenters. The molecule has 0 aromatic heterocycles. The summed E-state index contributed by atoms with van der Waals surface area (Å²) in [5.41, 5.74) is 6.32. The predicted molar refractivity (Wildman–Crippen MR) is 84.1 cm³/mol. The van der Waals surface area contributed by atoms with Crippen molar-refractivity contribution in [1.29, 1.82) is 0 Å². The molecule has 3 unspecified atom stereocenters. The number of piperidine rings is 1. The molecule has 1 heterocycles. The number of halogens is 1. The smallest absolute Gasteiger partial charge is 0.220 e. The number of amides is 1. The zero-order valence-corrected chi connectivity index (χ0v) is 13.1. The Hall–Kier alpha value is -1.10. The van der Waals surface area contributed by atoms with E-state index in [4.69, 9.17) is 22.1 Å². The second kappa shape index (κ2) is 7.78. The minimum absolute atomic E-state index is 0.0640. The Kier molecular flexibility index (Phi) is 6.03. The van der Waals surface area contributed by atoms with Gasteiger partial charge in [0.1, 0.15) is 0 Å². The Balaban J connectivity index is 2.15. The van der Waals surface area contributed by atoms with Crippen LogP contribution in [-0.2, 0) is 9.53 Å². The molecule has 1 aromatic rings. The molecule has 2 rings (SSSR count). The van der Waals surface area contributed by atoms with Gasteiger partial charge >= 0.3 is 0 Å². The summed E-state index contributed by atoms with van der Waals surface area (Å²) in [6.07, 6.45) is 2.21. The number of primary amides is 1. The lowest BCUT2D eigenvalue weighted by atomic mass is 9.89. The molecule has 0 radical (unpaired) electrons. The van der Waals surface area contributed by atoms with Gasteiger partial charge in [-0.05, 0) is 44.0 Å². The van der Waals surface area contributed by atoms with Gasteiger partial charge in [-0.1, -0.05) is 23.7 Å². The monoisotopic (exact) mass is 310 g/mol. The average Bonchev–Trinajstić information content (AvgIpc) is 2.45. The summed E-state index contributed by atoms with van der Waals surface area (Å²) in [4.78, 5) is 11.1. The molecule has 0 spiro atoms. The molecule has 1 saturated heterocycles. The standard InChI is InChI=1S/C16H23ClN2O2/c1-11(8-15(18)20)21-16(13-5-3-7-19-10-13)12-4-2-6-14(17)9-12/h2,4,6,9,11,13,16,19H,3,5,7-8,10H2,1H3,(H2,18,20). The van der Waals surface area contributed by atoms with Crippen LogP contribution in [0, 0.1) is 5.92 Å². The van der Waals surface area contributed by atoms with Crippen LogP contribution in [0.1, 0.15) is 37.9 Å². The molecule has 1 fully saturated rings. The van der Waals surface area contributed by atoms with Gasteiger partial charge in [0, 0.05) is 17.5 Å². The van der Waals surface area contributed by atoms with Gasteiger partial charge in [-0.2, -0.15) is 0 Å². The number of nitrogens with two attached hydrogens (primary N) is 1. The second-order valence-corrected chi connectivity index (χ2v) is 6.14. The van der Waals surface area contributed by atoms with Crippen LogP contribution < -0.4 is 11.1 Å². The maximum absolute atomic E-state index is 11.1. The highest BCUT2D eigenvalue weighted by molar-refractivity contribution is 6.30. The molecule has 1 aromatic carbocycles. The topological polar surface area (TPSA) is 64.4 Å². The van der Waals surface area contributed by atoms with Gasteiger partial charge in [-0.3, -0.25) is 4.79 Å². The molecular formula is C16H23ClN2O2. The first-order chi connectivity index (χ1) is 10.1. The molecule has 0 bridgehead atoms. The van der Waals surface area contributed by atoms with E-state index in [1.165, 1.54) is 0 Å². The van der Waals surface area contributed by atoms with Gasteiger partial charge in [0.15, 0.2) is 0 Å². The Bertz CT molecular complexity index is 475. The van der Waals surface area contributed by atoms with E-state index in [1.54, 1.807) is 0 Å². The fourth-order valence-corrected chi connectivity index (χ4v) is 3.06. The summed E-state index contributed by atoms with van der Waals surface area (Å²) in [6.45, 7) is 3.86. The quantitative estimate of drug-likeness (QED) is 0.849. The van der Waals surface area contributed by atoms with E-state index >= 15 is 0 Å². The number of hydrogen-bond acceptors (Lipinski definition) is 3. The number of benzene rings is 1. The first kappa shape index (κ1) is 16.3. The van der Waals surface area contributed by atoms with Crippen LogP contribution in [0.4, 0.5) is 0 Å². The van der Waals surface area contributed by atoms with Gasteiger partial charge in [-0.25, -0.2) is 0 Å². The molecule has 21 heavy (non-hydrogen) atoms. The summed E-state index contributed by atoms with van der Waals surface area (Å²) in [6, 6.07) is 7.76. The molecule has 3 N–H and O–H groups in total. The Morgan fingerprint density at radius 3 is 3.00 bits per heavy atom. The van der Waals surface area contributed by atoms with Crippen LogP contribution in [0.15, 0.2) is 24.3 Å². The first-order valence-corrected chi connectivity index (χ1v) is 7.84. The fourth-order valence-electron chi connectivity index (χ4n) is 2.86. The summed E-state index contributed by atoms with van der Waals surface area (Å²) >= 11 is 6.10. The Morgan fingerprint density at radius 1 is 1.57 bits per heavy atom. The van der Waals surface area contributed by atoms with Crippen molar-refractivity contribution in [3.05, 3.63) is 34.9 Å². The largest absolute Gasteiger partial charge is 0.370 e. The van der Waals surface area contributed by atoms with Crippen LogP contribution in [0.25, 0.3) is 0 Å². The molecule has 1 amide bonds. The highest BCUT2D eigenvalue weighted by atomic mass is 35.5. The van der Waals surface area contributed by atoms with Crippen LogP contribution in [0.5, 0.6) is 0 Å². The van der Waals surface area contributed by atoms with E-state index in [0.29, 0.717) is 10.9 Å². The minimum atomic E-state index is -0.339. The molecule has 0 aliphatic carbocycles. The van der Waals surface area contributed by atoms with Crippen molar-refractivity contribution >= 4 is 17.5 Å². The van der Waals surface area contributed by atoms with Gasteiger partial charge in [0.05, 0.1) is 18.6 Å². The highest BCUT2D eigenvalue weighted by Crippen LogP contribution is 2.33. The molecule has 1 aliphatic heterocycles. The van der Waals surface area contributed by atoms with Crippen molar-refractivity contribution in [2.45, 2.75) is 38.4 Å². The lowest BCUT2D eigenvalue weighted by Gasteiger charge is -2.33. The van der Waals surface area contributed by atoms with E-state index in [9.17, 15) is 4.79 Å². The van der Waals surface area contributed by atoms with E-state index in [0.717, 1.165) is 31.5 Å². The van der Waals surface area contributed by atoms with Crippen LogP contribution in [0.2, 0.25) is 5.02 Å². The van der Waals surface area contributed by atoms with Gasteiger partial charge in [-0.15, -0.1) is 0 Å². The van der Waals surface area contributed by atoms with Crippen LogP contribution in [0.3, 0.4) is 0 Å². The van der Waals surface area contributed by atoms with E-state index < -0.39 is 0 Å². The van der Waals surface area contributed by atoms with Crippen molar-refractivity contribution < 1.29 is 9.53 Å². The van der Waals surface area contributed by atoms with Crippen molar-refractivity contribution in [2.75, 3.05) is 13.1 Å². The second-order valence-electron chi connectivity index (χ2n) is 5.70. The normalized spacial score (nSPS) is 21.7. The van der Waals surface area contributed by atoms with Crippen molar-refractivity contribution in [2.24, 2.45) is 11.7 Å². The first-order valence-electron chi connectivity index (χ1n) is 7.46. The van der Waals surface area contributed by atoms with Crippen LogP contribution >= 0.6 is 11.6 Å². The third kappa shape index (κ3) is 4.99. The third-order valence-electron chi connectivity index (χ3n) is 3.81. The lowest BCUT2D eigenvalue weighted by Crippen LogP contribution is -2.35. The molecule has 5 heteroatoms. The predicted octanol–water partition coefficient (Wildman–Crippen LogP) is 2.66. The molecule has 1 aliphatic rings. The van der Waals surface area contributed by atoms with E-state index in [2.05, 4.69) is 5.32 Å². The maximum atomic E-state index is 11.1. The zero-order chi connectivity index (χ0) is 15.2. The molecule has 4 nitrogen and oxygen atoms in total. The SMILES string of the molecule is CC(CC(N)=O)OC(c1cccc(Cl)c1)C1CCCNC1.